The van der Waals surface area contributed by atoms with E-state index in [0.717, 1.165) is 24.6 Å². The molecule has 0 radical (unpaired) electrons. The maximum absolute atomic E-state index is 12.6. The number of para-hydroxylation sites is 1. The molecule has 0 saturated carbocycles. The predicted octanol–water partition coefficient (Wildman–Crippen LogP) is 1.91. The molecule has 0 bridgehead atoms. The number of hydrogen-bond acceptors (Lipinski definition) is 5. The third-order valence-electron chi connectivity index (χ3n) is 5.07. The van der Waals surface area contributed by atoms with Gasteiger partial charge in [0.05, 0.1) is 10.9 Å². The molecule has 0 spiro atoms. The lowest BCUT2D eigenvalue weighted by Crippen LogP contribution is -2.49. The molecular weight excluding hydrogens is 354 g/mol. The van der Waals surface area contributed by atoms with Gasteiger partial charge < -0.3 is 14.8 Å². The summed E-state index contributed by atoms with van der Waals surface area (Å²) < 4.78 is 0. The van der Waals surface area contributed by atoms with E-state index in [2.05, 4.69) is 19.9 Å². The van der Waals surface area contributed by atoms with E-state index < -0.39 is 0 Å². The highest BCUT2D eigenvalue weighted by Gasteiger charge is 2.22. The van der Waals surface area contributed by atoms with Crippen molar-refractivity contribution >= 4 is 22.6 Å². The maximum Gasteiger partial charge on any atom is 0.258 e. The highest BCUT2D eigenvalue weighted by atomic mass is 16.2. The Morgan fingerprint density at radius 3 is 2.61 bits per heavy atom. The summed E-state index contributed by atoms with van der Waals surface area (Å²) in [5, 5.41) is 0.568. The highest BCUT2D eigenvalue weighted by Crippen LogP contribution is 2.15. The van der Waals surface area contributed by atoms with Gasteiger partial charge in [0.1, 0.15) is 11.6 Å². The molecule has 0 unspecified atom stereocenters. The van der Waals surface area contributed by atoms with Crippen LogP contribution in [0.3, 0.4) is 0 Å². The van der Waals surface area contributed by atoms with E-state index in [1.54, 1.807) is 6.07 Å². The molecule has 4 rings (SSSR count). The molecule has 3 heterocycles. The summed E-state index contributed by atoms with van der Waals surface area (Å²) >= 11 is 0. The lowest BCUT2D eigenvalue weighted by Gasteiger charge is -2.35. The van der Waals surface area contributed by atoms with Crippen LogP contribution >= 0.6 is 0 Å². The molecule has 1 aliphatic rings. The second kappa shape index (κ2) is 7.80. The number of fused-ring (bicyclic) bond motifs is 1. The third kappa shape index (κ3) is 3.88. The molecule has 2 aromatic heterocycles. The average Bonchev–Trinajstić information content (AvgIpc) is 2.72. The second-order valence-corrected chi connectivity index (χ2v) is 7.03. The smallest absolute Gasteiger partial charge is 0.258 e. The number of pyridine rings is 1. The first-order chi connectivity index (χ1) is 13.6. The van der Waals surface area contributed by atoms with Crippen molar-refractivity contribution in [1.29, 1.82) is 0 Å². The van der Waals surface area contributed by atoms with Crippen LogP contribution in [0.1, 0.15) is 17.9 Å². The van der Waals surface area contributed by atoms with Gasteiger partial charge in [0.25, 0.3) is 5.56 Å². The molecule has 0 atom stereocenters. The van der Waals surface area contributed by atoms with Crippen LogP contribution in [0.2, 0.25) is 0 Å². The van der Waals surface area contributed by atoms with Crippen molar-refractivity contribution in [3.8, 4) is 0 Å². The fourth-order valence-electron chi connectivity index (χ4n) is 3.53. The van der Waals surface area contributed by atoms with Gasteiger partial charge in [-0.05, 0) is 31.2 Å². The Morgan fingerprint density at radius 2 is 1.82 bits per heavy atom. The number of anilines is 1. The summed E-state index contributed by atoms with van der Waals surface area (Å²) in [6, 6.07) is 13.2. The number of aryl methyl sites for hydroxylation is 2. The molecule has 144 valence electrons. The van der Waals surface area contributed by atoms with E-state index in [-0.39, 0.29) is 11.5 Å². The van der Waals surface area contributed by atoms with Gasteiger partial charge in [-0.3, -0.25) is 9.59 Å². The van der Waals surface area contributed by atoms with Crippen LogP contribution in [-0.4, -0.2) is 51.9 Å². The average molecular weight is 377 g/mol. The van der Waals surface area contributed by atoms with Crippen LogP contribution in [0.25, 0.3) is 10.9 Å². The lowest BCUT2D eigenvalue weighted by atomic mass is 10.2. The Labute approximate surface area is 163 Å². The van der Waals surface area contributed by atoms with E-state index in [0.29, 0.717) is 42.7 Å². The zero-order valence-corrected chi connectivity index (χ0v) is 15.9. The van der Waals surface area contributed by atoms with Crippen LogP contribution in [0.4, 0.5) is 5.82 Å². The second-order valence-electron chi connectivity index (χ2n) is 7.03. The van der Waals surface area contributed by atoms with E-state index in [9.17, 15) is 9.59 Å². The number of rotatable bonds is 4. The number of piperazine rings is 1. The molecule has 28 heavy (non-hydrogen) atoms. The van der Waals surface area contributed by atoms with Gasteiger partial charge >= 0.3 is 0 Å². The first kappa shape index (κ1) is 18.2. The van der Waals surface area contributed by atoms with Crippen molar-refractivity contribution in [3.05, 3.63) is 64.3 Å². The minimum Gasteiger partial charge on any atom is -0.353 e. The van der Waals surface area contributed by atoms with E-state index >= 15 is 0 Å². The molecule has 0 aliphatic carbocycles. The molecule has 1 N–H and O–H groups in total. The number of carbonyl (C=O) groups is 1. The number of carbonyl (C=O) groups excluding carboxylic acids is 1. The topological polar surface area (TPSA) is 82.2 Å². The Morgan fingerprint density at radius 1 is 1.04 bits per heavy atom. The van der Waals surface area contributed by atoms with Gasteiger partial charge in [-0.1, -0.05) is 18.2 Å². The number of H-pyrrole nitrogens is 1. The molecule has 1 aliphatic heterocycles. The first-order valence-corrected chi connectivity index (χ1v) is 9.54. The highest BCUT2D eigenvalue weighted by molar-refractivity contribution is 5.78. The summed E-state index contributed by atoms with van der Waals surface area (Å²) in [7, 11) is 0. The van der Waals surface area contributed by atoms with Crippen molar-refractivity contribution in [2.75, 3.05) is 31.1 Å². The van der Waals surface area contributed by atoms with Crippen molar-refractivity contribution in [2.24, 2.45) is 0 Å². The van der Waals surface area contributed by atoms with Crippen LogP contribution < -0.4 is 10.5 Å². The van der Waals surface area contributed by atoms with Crippen molar-refractivity contribution < 1.29 is 4.79 Å². The van der Waals surface area contributed by atoms with E-state index in [1.165, 1.54) is 0 Å². The summed E-state index contributed by atoms with van der Waals surface area (Å²) in [6.07, 6.45) is 0.766. The fraction of sp³-hybridized carbons (Fsp3) is 0.333. The molecule has 3 aromatic rings. The minimum absolute atomic E-state index is 0.0904. The van der Waals surface area contributed by atoms with Gasteiger partial charge in [0.2, 0.25) is 5.91 Å². The number of benzene rings is 1. The van der Waals surface area contributed by atoms with E-state index in [1.807, 2.05) is 48.2 Å². The molecule has 1 fully saturated rings. The molecule has 7 nitrogen and oxygen atoms in total. The van der Waals surface area contributed by atoms with Crippen LogP contribution in [0.5, 0.6) is 0 Å². The molecule has 1 aromatic carbocycles. The first-order valence-electron chi connectivity index (χ1n) is 9.54. The SMILES string of the molecule is Cc1cccc(N2CCN(C(=O)CCc3nc4ccccc4c(=O)[nH]3)CC2)n1. The Bertz CT molecular complexity index is 1050. The Balaban J connectivity index is 1.34. The molecule has 1 saturated heterocycles. The minimum atomic E-state index is -0.160. The van der Waals surface area contributed by atoms with Gasteiger partial charge in [0, 0.05) is 44.7 Å². The maximum atomic E-state index is 12.6. The fourth-order valence-corrected chi connectivity index (χ4v) is 3.53. The Kier molecular flexibility index (Phi) is 5.06. The number of aromatic amines is 1. The quantitative estimate of drug-likeness (QED) is 0.751. The third-order valence-corrected chi connectivity index (χ3v) is 5.07. The number of nitrogens with one attached hydrogen (secondary N) is 1. The molecular formula is C21H23N5O2. The Hall–Kier alpha value is -3.22. The van der Waals surface area contributed by atoms with Gasteiger partial charge in [-0.25, -0.2) is 9.97 Å². The number of amides is 1. The zero-order chi connectivity index (χ0) is 19.5. The summed E-state index contributed by atoms with van der Waals surface area (Å²) in [5.74, 6) is 1.61. The normalized spacial score (nSPS) is 14.5. The van der Waals surface area contributed by atoms with Gasteiger partial charge in [-0.2, -0.15) is 0 Å². The van der Waals surface area contributed by atoms with Gasteiger partial charge in [-0.15, -0.1) is 0 Å². The molecule has 1 amide bonds. The van der Waals surface area contributed by atoms with Crippen LogP contribution in [0, 0.1) is 6.92 Å². The van der Waals surface area contributed by atoms with Crippen molar-refractivity contribution in [3.63, 3.8) is 0 Å². The number of hydrogen-bond donors (Lipinski definition) is 1. The standard InChI is InChI=1S/C21H23N5O2/c1-15-5-4-8-19(22-15)25-11-13-26(14-12-25)20(27)10-9-18-23-17-7-3-2-6-16(17)21(28)24-18/h2-8H,9-14H2,1H3,(H,23,24,28). The zero-order valence-electron chi connectivity index (χ0n) is 15.9. The monoisotopic (exact) mass is 377 g/mol. The van der Waals surface area contributed by atoms with E-state index in [4.69, 9.17) is 0 Å². The van der Waals surface area contributed by atoms with Crippen molar-refractivity contribution in [1.82, 2.24) is 19.9 Å². The number of nitrogens with zero attached hydrogens (tertiary/aromatic N) is 4. The largest absolute Gasteiger partial charge is 0.353 e. The van der Waals surface area contributed by atoms with Crippen LogP contribution in [-0.2, 0) is 11.2 Å². The summed E-state index contributed by atoms with van der Waals surface area (Å²) in [4.78, 5) is 40.6. The summed E-state index contributed by atoms with van der Waals surface area (Å²) in [6.45, 7) is 4.88. The van der Waals surface area contributed by atoms with Crippen LogP contribution in [0.15, 0.2) is 47.3 Å². The molecule has 7 heteroatoms. The number of aromatic nitrogens is 3. The summed E-state index contributed by atoms with van der Waals surface area (Å²) in [5.41, 5.74) is 1.49. The lowest BCUT2D eigenvalue weighted by molar-refractivity contribution is -0.131. The van der Waals surface area contributed by atoms with Gasteiger partial charge in [0.15, 0.2) is 0 Å². The van der Waals surface area contributed by atoms with Crippen molar-refractivity contribution in [2.45, 2.75) is 19.8 Å². The predicted molar refractivity (Wildman–Crippen MR) is 108 cm³/mol.